The lowest BCUT2D eigenvalue weighted by Crippen LogP contribution is -2.04. The summed E-state index contributed by atoms with van der Waals surface area (Å²) in [5.74, 6) is -0.153. The second kappa shape index (κ2) is 3.23. The topological polar surface area (TPSA) is 35.0 Å². The van der Waals surface area contributed by atoms with E-state index in [4.69, 9.17) is 0 Å². The molecule has 0 spiro atoms. The van der Waals surface area contributed by atoms with Crippen molar-refractivity contribution >= 4 is 0 Å². The van der Waals surface area contributed by atoms with Crippen LogP contribution in [0.25, 0.3) is 0 Å². The van der Waals surface area contributed by atoms with Crippen molar-refractivity contribution in [2.75, 3.05) is 0 Å². The van der Waals surface area contributed by atoms with Gasteiger partial charge in [-0.3, -0.25) is 4.98 Å². The van der Waals surface area contributed by atoms with Crippen LogP contribution in [0.15, 0.2) is 12.4 Å². The normalized spacial score (nSPS) is 10.2. The molecule has 0 aliphatic heterocycles. The number of hydrogen-bond acceptors (Lipinski definition) is 3. The maximum atomic E-state index is 11.6. The third kappa shape index (κ3) is 2.45. The van der Waals surface area contributed by atoms with Crippen molar-refractivity contribution in [3.63, 3.8) is 0 Å². The van der Waals surface area contributed by atoms with Gasteiger partial charge < -0.3 is 4.74 Å². The second-order valence-corrected chi connectivity index (χ2v) is 1.88. The van der Waals surface area contributed by atoms with Crippen LogP contribution in [-0.4, -0.2) is 16.6 Å². The standard InChI is InChI=1S/C6H6F2N2O/c1-4-2-9-3-5(10-4)11-6(7)8/h2-3,6H,1H3. The molecule has 1 aromatic heterocycles. The number of alkyl halides is 2. The predicted octanol–water partition coefficient (Wildman–Crippen LogP) is 1.39. The molecule has 0 aliphatic rings. The van der Waals surface area contributed by atoms with Gasteiger partial charge in [-0.25, -0.2) is 4.98 Å². The van der Waals surface area contributed by atoms with Crippen LogP contribution in [-0.2, 0) is 0 Å². The molecule has 1 aromatic rings. The maximum absolute atomic E-state index is 11.6. The van der Waals surface area contributed by atoms with Crippen LogP contribution in [0.2, 0.25) is 0 Å². The van der Waals surface area contributed by atoms with Gasteiger partial charge in [0.2, 0.25) is 5.88 Å². The third-order valence-electron chi connectivity index (χ3n) is 0.943. The Hall–Kier alpha value is -1.26. The smallest absolute Gasteiger partial charge is 0.388 e. The van der Waals surface area contributed by atoms with E-state index >= 15 is 0 Å². The summed E-state index contributed by atoms with van der Waals surface area (Å²) < 4.78 is 27.1. The summed E-state index contributed by atoms with van der Waals surface area (Å²) in [6, 6.07) is 0. The minimum absolute atomic E-state index is 0.153. The number of rotatable bonds is 2. The van der Waals surface area contributed by atoms with E-state index in [1.165, 1.54) is 6.20 Å². The van der Waals surface area contributed by atoms with Crippen molar-refractivity contribution in [1.29, 1.82) is 0 Å². The number of ether oxygens (including phenoxy) is 1. The molecule has 1 rings (SSSR count). The van der Waals surface area contributed by atoms with Crippen LogP contribution in [0.1, 0.15) is 5.69 Å². The zero-order chi connectivity index (χ0) is 8.27. The first-order valence-electron chi connectivity index (χ1n) is 2.92. The second-order valence-electron chi connectivity index (χ2n) is 1.88. The van der Waals surface area contributed by atoms with E-state index in [1.807, 2.05) is 0 Å². The molecule has 0 atom stereocenters. The summed E-state index contributed by atoms with van der Waals surface area (Å²) in [4.78, 5) is 7.27. The van der Waals surface area contributed by atoms with Gasteiger partial charge in [0.25, 0.3) is 0 Å². The first-order valence-corrected chi connectivity index (χ1v) is 2.92. The summed E-state index contributed by atoms with van der Waals surface area (Å²) in [5.41, 5.74) is 0.545. The summed E-state index contributed by atoms with van der Waals surface area (Å²) in [7, 11) is 0. The molecule has 5 heteroatoms. The Morgan fingerprint density at radius 1 is 1.45 bits per heavy atom. The van der Waals surface area contributed by atoms with E-state index in [1.54, 1.807) is 6.92 Å². The SMILES string of the molecule is Cc1cncc(OC(F)F)n1. The van der Waals surface area contributed by atoms with Crippen molar-refractivity contribution < 1.29 is 13.5 Å². The van der Waals surface area contributed by atoms with Crippen molar-refractivity contribution in [2.24, 2.45) is 0 Å². The summed E-state index contributed by atoms with van der Waals surface area (Å²) >= 11 is 0. The lowest BCUT2D eigenvalue weighted by atomic mass is 10.5. The van der Waals surface area contributed by atoms with Gasteiger partial charge in [0.15, 0.2) is 0 Å². The average molecular weight is 160 g/mol. The van der Waals surface area contributed by atoms with Crippen molar-refractivity contribution in [2.45, 2.75) is 13.5 Å². The molecule has 0 saturated heterocycles. The van der Waals surface area contributed by atoms with Gasteiger partial charge in [-0.05, 0) is 6.92 Å². The molecule has 60 valence electrons. The highest BCUT2D eigenvalue weighted by atomic mass is 19.3. The highest BCUT2D eigenvalue weighted by Crippen LogP contribution is 2.07. The highest BCUT2D eigenvalue weighted by molar-refractivity contribution is 5.06. The molecule has 0 saturated carbocycles. The Morgan fingerprint density at radius 3 is 2.73 bits per heavy atom. The predicted molar refractivity (Wildman–Crippen MR) is 33.4 cm³/mol. The van der Waals surface area contributed by atoms with Gasteiger partial charge in [-0.1, -0.05) is 0 Å². The number of aryl methyl sites for hydroxylation is 1. The van der Waals surface area contributed by atoms with E-state index in [0.29, 0.717) is 5.69 Å². The number of hydrogen-bond donors (Lipinski definition) is 0. The van der Waals surface area contributed by atoms with Gasteiger partial charge in [0.05, 0.1) is 11.9 Å². The first-order chi connectivity index (χ1) is 5.18. The molecule has 0 N–H and O–H groups in total. The zero-order valence-electron chi connectivity index (χ0n) is 5.79. The molecule has 1 heterocycles. The van der Waals surface area contributed by atoms with Crippen molar-refractivity contribution in [3.8, 4) is 5.88 Å². The van der Waals surface area contributed by atoms with Gasteiger partial charge in [0, 0.05) is 6.20 Å². The van der Waals surface area contributed by atoms with Crippen LogP contribution >= 0.6 is 0 Å². The molecular weight excluding hydrogens is 154 g/mol. The van der Waals surface area contributed by atoms with Gasteiger partial charge in [-0.2, -0.15) is 8.78 Å². The highest BCUT2D eigenvalue weighted by Gasteiger charge is 2.04. The van der Waals surface area contributed by atoms with Crippen molar-refractivity contribution in [1.82, 2.24) is 9.97 Å². The number of halogens is 2. The quantitative estimate of drug-likeness (QED) is 0.655. The average Bonchev–Trinajstić information content (AvgIpc) is 1.85. The van der Waals surface area contributed by atoms with E-state index < -0.39 is 6.61 Å². The van der Waals surface area contributed by atoms with E-state index in [2.05, 4.69) is 14.7 Å². The monoisotopic (exact) mass is 160 g/mol. The number of nitrogens with zero attached hydrogens (tertiary/aromatic N) is 2. The summed E-state index contributed by atoms with van der Waals surface area (Å²) in [6.45, 7) is -1.20. The van der Waals surface area contributed by atoms with Gasteiger partial charge in [-0.15, -0.1) is 0 Å². The lowest BCUT2D eigenvalue weighted by molar-refractivity contribution is -0.0531. The van der Waals surface area contributed by atoms with Crippen LogP contribution in [0.5, 0.6) is 5.88 Å². The third-order valence-corrected chi connectivity index (χ3v) is 0.943. The van der Waals surface area contributed by atoms with E-state index in [0.717, 1.165) is 6.20 Å². The molecule has 0 aromatic carbocycles. The molecule has 0 aliphatic carbocycles. The van der Waals surface area contributed by atoms with Gasteiger partial charge >= 0.3 is 6.61 Å². The first kappa shape index (κ1) is 7.84. The van der Waals surface area contributed by atoms with Crippen LogP contribution in [0.3, 0.4) is 0 Å². The fourth-order valence-electron chi connectivity index (χ4n) is 0.589. The summed E-state index contributed by atoms with van der Waals surface area (Å²) in [5, 5.41) is 0. The maximum Gasteiger partial charge on any atom is 0.388 e. The molecule has 0 amide bonds. The Kier molecular flexibility index (Phi) is 2.30. The fourth-order valence-corrected chi connectivity index (χ4v) is 0.589. The minimum atomic E-state index is -2.84. The molecule has 0 fully saturated rings. The molecular formula is C6H6F2N2O. The molecule has 0 bridgehead atoms. The van der Waals surface area contributed by atoms with E-state index in [-0.39, 0.29) is 5.88 Å². The van der Waals surface area contributed by atoms with Crippen molar-refractivity contribution in [3.05, 3.63) is 18.1 Å². The van der Waals surface area contributed by atoms with Crippen LogP contribution in [0, 0.1) is 6.92 Å². The Labute approximate surface area is 62.0 Å². The molecule has 11 heavy (non-hydrogen) atoms. The Balaban J connectivity index is 2.71. The molecule has 0 radical (unpaired) electrons. The minimum Gasteiger partial charge on any atom is -0.415 e. The number of aromatic nitrogens is 2. The van der Waals surface area contributed by atoms with Crippen LogP contribution < -0.4 is 4.74 Å². The fraction of sp³-hybridized carbons (Fsp3) is 0.333. The van der Waals surface area contributed by atoms with Gasteiger partial charge in [0.1, 0.15) is 0 Å². The Morgan fingerprint density at radius 2 is 2.18 bits per heavy atom. The lowest BCUT2D eigenvalue weighted by Gasteiger charge is -2.01. The largest absolute Gasteiger partial charge is 0.415 e. The summed E-state index contributed by atoms with van der Waals surface area (Å²) in [6.07, 6.45) is 2.59. The molecule has 3 nitrogen and oxygen atoms in total. The van der Waals surface area contributed by atoms with E-state index in [9.17, 15) is 8.78 Å². The zero-order valence-corrected chi connectivity index (χ0v) is 5.79. The van der Waals surface area contributed by atoms with Crippen LogP contribution in [0.4, 0.5) is 8.78 Å². The molecule has 0 unspecified atom stereocenters. The Bertz CT molecular complexity index is 242.